The largest absolute Gasteiger partial charge is 0.497 e. The Kier molecular flexibility index (Phi) is 11.0. The molecule has 0 fully saturated rings. The average molecular weight is 631 g/mol. The quantitative estimate of drug-likeness (QED) is 0.110. The van der Waals surface area contributed by atoms with Crippen LogP contribution in [-0.4, -0.2) is 68.4 Å². The van der Waals surface area contributed by atoms with Crippen LogP contribution in [0.1, 0.15) is 31.8 Å². The maximum absolute atomic E-state index is 13.6. The van der Waals surface area contributed by atoms with Gasteiger partial charge in [0.2, 0.25) is 23.1 Å². The molecule has 0 aliphatic rings. The monoisotopic (exact) mass is 630 g/mol. The summed E-state index contributed by atoms with van der Waals surface area (Å²) in [5, 5.41) is 0. The normalized spacial score (nSPS) is 10.5. The highest BCUT2D eigenvalue weighted by Crippen LogP contribution is 2.40. The summed E-state index contributed by atoms with van der Waals surface area (Å²) >= 11 is 0. The van der Waals surface area contributed by atoms with E-state index in [1.165, 1.54) is 46.6 Å². The van der Waals surface area contributed by atoms with E-state index in [-0.39, 0.29) is 22.6 Å². The number of ether oxygens (including phenoxy) is 8. The third-order valence-corrected chi connectivity index (χ3v) is 7.50. The molecule has 4 rings (SSSR count). The minimum atomic E-state index is -0.741. The number of hydrogen-bond donors (Lipinski definition) is 0. The molecule has 0 unspecified atom stereocenters. The molecule has 0 N–H and O–H groups in total. The van der Waals surface area contributed by atoms with Gasteiger partial charge in [-0.05, 0) is 89.7 Å². The smallest absolute Gasteiger partial charge is 0.233 e. The summed E-state index contributed by atoms with van der Waals surface area (Å²) in [6.45, 7) is 0. The minimum Gasteiger partial charge on any atom is -0.497 e. The molecule has 0 spiro atoms. The zero-order valence-electron chi connectivity index (χ0n) is 27.3. The molecular formula is C36H38O10. The van der Waals surface area contributed by atoms with Gasteiger partial charge < -0.3 is 37.9 Å². The number of aryl methyl sites for hydroxylation is 2. The first kappa shape index (κ1) is 33.5. The van der Waals surface area contributed by atoms with E-state index < -0.39 is 11.6 Å². The Labute approximate surface area is 268 Å². The van der Waals surface area contributed by atoms with Crippen LogP contribution < -0.4 is 37.9 Å². The summed E-state index contributed by atoms with van der Waals surface area (Å²) in [6, 6.07) is 17.6. The van der Waals surface area contributed by atoms with Gasteiger partial charge in [-0.3, -0.25) is 9.59 Å². The van der Waals surface area contributed by atoms with Crippen molar-refractivity contribution in [1.82, 2.24) is 0 Å². The fourth-order valence-corrected chi connectivity index (χ4v) is 5.15. The van der Waals surface area contributed by atoms with E-state index >= 15 is 0 Å². The number of methoxy groups -OCH3 is 8. The zero-order chi connectivity index (χ0) is 33.4. The molecule has 0 bridgehead atoms. The Hall–Kier alpha value is -5.38. The summed E-state index contributed by atoms with van der Waals surface area (Å²) in [4.78, 5) is 27.0. The summed E-state index contributed by atoms with van der Waals surface area (Å²) in [6.07, 6.45) is 1.34. The topological polar surface area (TPSA) is 108 Å². The molecule has 0 amide bonds. The SMILES string of the molecule is COc1cc(CCc2cc(OC)c(OC)c(OC)c2)cc(-c2cc(OC)cc(C(=O)C(=O)c3cc(OC)c(OC)c(OC)c3)c2)c1. The van der Waals surface area contributed by atoms with Crippen LogP contribution in [0, 0.1) is 0 Å². The molecule has 4 aromatic rings. The summed E-state index contributed by atoms with van der Waals surface area (Å²) in [5.41, 5.74) is 3.71. The molecule has 0 atom stereocenters. The standard InChI is InChI=1S/C36H38O10/c1-39-27-12-21(9-10-22-13-29(41-3)35(45-7)30(14-22)42-4)11-23(16-27)24-15-25(18-28(17-24)40-2)33(37)34(38)26-19-31(43-5)36(46-8)32(20-26)44-6/h11-20H,9-10H2,1-8H3. The Morgan fingerprint density at radius 3 is 1.24 bits per heavy atom. The van der Waals surface area contributed by atoms with Gasteiger partial charge in [-0.15, -0.1) is 0 Å². The lowest BCUT2D eigenvalue weighted by molar-refractivity contribution is 0.0816. The summed E-state index contributed by atoms with van der Waals surface area (Å²) < 4.78 is 43.7. The van der Waals surface area contributed by atoms with Crippen LogP contribution in [0.2, 0.25) is 0 Å². The van der Waals surface area contributed by atoms with Crippen molar-refractivity contribution in [3.63, 3.8) is 0 Å². The molecule has 0 aromatic heterocycles. The van der Waals surface area contributed by atoms with Crippen molar-refractivity contribution >= 4 is 11.6 Å². The molecule has 10 nitrogen and oxygen atoms in total. The molecule has 0 aliphatic heterocycles. The van der Waals surface area contributed by atoms with Crippen molar-refractivity contribution in [3.05, 3.63) is 82.9 Å². The van der Waals surface area contributed by atoms with Crippen molar-refractivity contribution in [1.29, 1.82) is 0 Å². The van der Waals surface area contributed by atoms with Crippen molar-refractivity contribution < 1.29 is 47.5 Å². The molecule has 0 saturated carbocycles. The van der Waals surface area contributed by atoms with Crippen LogP contribution in [0.25, 0.3) is 11.1 Å². The van der Waals surface area contributed by atoms with Gasteiger partial charge in [0.1, 0.15) is 11.5 Å². The van der Waals surface area contributed by atoms with Gasteiger partial charge in [0, 0.05) is 11.1 Å². The van der Waals surface area contributed by atoms with Crippen LogP contribution in [0.4, 0.5) is 0 Å². The van der Waals surface area contributed by atoms with E-state index in [4.69, 9.17) is 37.9 Å². The van der Waals surface area contributed by atoms with E-state index in [1.807, 2.05) is 30.3 Å². The van der Waals surface area contributed by atoms with Crippen molar-refractivity contribution in [2.45, 2.75) is 12.8 Å². The Bertz CT molecular complexity index is 1680. The van der Waals surface area contributed by atoms with Gasteiger partial charge in [0.25, 0.3) is 0 Å². The highest BCUT2D eigenvalue weighted by atomic mass is 16.5. The van der Waals surface area contributed by atoms with E-state index in [0.717, 1.165) is 16.7 Å². The molecular weight excluding hydrogens is 592 g/mol. The molecule has 0 saturated heterocycles. The van der Waals surface area contributed by atoms with Gasteiger partial charge in [-0.2, -0.15) is 0 Å². The maximum atomic E-state index is 13.6. The lowest BCUT2D eigenvalue weighted by atomic mass is 9.94. The Balaban J connectivity index is 1.68. The van der Waals surface area contributed by atoms with Crippen molar-refractivity contribution in [2.24, 2.45) is 0 Å². The average Bonchev–Trinajstić information content (AvgIpc) is 3.11. The molecule has 0 heterocycles. The van der Waals surface area contributed by atoms with Gasteiger partial charge in [0.15, 0.2) is 23.0 Å². The zero-order valence-corrected chi connectivity index (χ0v) is 27.3. The number of benzene rings is 4. The number of rotatable bonds is 15. The fraction of sp³-hybridized carbons (Fsp3) is 0.278. The van der Waals surface area contributed by atoms with Crippen LogP contribution in [-0.2, 0) is 12.8 Å². The van der Waals surface area contributed by atoms with Crippen molar-refractivity contribution in [3.8, 4) is 57.1 Å². The van der Waals surface area contributed by atoms with Crippen LogP contribution in [0.5, 0.6) is 46.0 Å². The predicted molar refractivity (Wildman–Crippen MR) is 173 cm³/mol. The predicted octanol–water partition coefficient (Wildman–Crippen LogP) is 6.27. The lowest BCUT2D eigenvalue weighted by Crippen LogP contribution is -2.15. The number of carbonyl (C=O) groups is 2. The second-order valence-electron chi connectivity index (χ2n) is 10.1. The molecule has 0 radical (unpaired) electrons. The first-order valence-electron chi connectivity index (χ1n) is 14.3. The number of hydrogen-bond acceptors (Lipinski definition) is 10. The first-order chi connectivity index (χ1) is 22.2. The second-order valence-corrected chi connectivity index (χ2v) is 10.1. The van der Waals surface area contributed by atoms with E-state index in [0.29, 0.717) is 52.9 Å². The minimum absolute atomic E-state index is 0.0966. The first-order valence-corrected chi connectivity index (χ1v) is 14.3. The lowest BCUT2D eigenvalue weighted by Gasteiger charge is -2.15. The van der Waals surface area contributed by atoms with Gasteiger partial charge in [-0.25, -0.2) is 0 Å². The van der Waals surface area contributed by atoms with Gasteiger partial charge in [0.05, 0.1) is 56.9 Å². The number of ketones is 2. The van der Waals surface area contributed by atoms with E-state index in [9.17, 15) is 9.59 Å². The maximum Gasteiger partial charge on any atom is 0.233 e. The van der Waals surface area contributed by atoms with Gasteiger partial charge >= 0.3 is 0 Å². The summed E-state index contributed by atoms with van der Waals surface area (Å²) in [7, 11) is 12.2. The van der Waals surface area contributed by atoms with Crippen molar-refractivity contribution in [2.75, 3.05) is 56.9 Å². The summed E-state index contributed by atoms with van der Waals surface area (Å²) in [5.74, 6) is 2.13. The molecule has 4 aromatic carbocycles. The Morgan fingerprint density at radius 1 is 0.413 bits per heavy atom. The van der Waals surface area contributed by atoms with Crippen LogP contribution in [0.15, 0.2) is 60.7 Å². The Morgan fingerprint density at radius 2 is 0.804 bits per heavy atom. The number of Topliss-reactive ketones (excluding diaryl/α,β-unsaturated/α-hetero) is 2. The third kappa shape index (κ3) is 7.12. The van der Waals surface area contributed by atoms with E-state index in [2.05, 4.69) is 0 Å². The fourth-order valence-electron chi connectivity index (χ4n) is 5.15. The second kappa shape index (κ2) is 15.1. The van der Waals surface area contributed by atoms with E-state index in [1.54, 1.807) is 40.6 Å². The third-order valence-electron chi connectivity index (χ3n) is 7.50. The highest BCUT2D eigenvalue weighted by Gasteiger charge is 2.24. The highest BCUT2D eigenvalue weighted by molar-refractivity contribution is 6.49. The molecule has 242 valence electrons. The number of carbonyl (C=O) groups excluding carboxylic acids is 2. The van der Waals surface area contributed by atoms with Crippen LogP contribution in [0.3, 0.4) is 0 Å². The molecule has 0 aliphatic carbocycles. The molecule has 10 heteroatoms. The van der Waals surface area contributed by atoms with Gasteiger partial charge in [-0.1, -0.05) is 6.07 Å². The molecule has 46 heavy (non-hydrogen) atoms. The van der Waals surface area contributed by atoms with Crippen LogP contribution >= 0.6 is 0 Å².